The molecule has 27 heavy (non-hydrogen) atoms. The molecule has 0 aliphatic carbocycles. The Bertz CT molecular complexity index is 895. The first-order chi connectivity index (χ1) is 13.0. The summed E-state index contributed by atoms with van der Waals surface area (Å²) >= 11 is 0. The minimum atomic E-state index is -0.973. The summed E-state index contributed by atoms with van der Waals surface area (Å²) in [5.41, 5.74) is 1.24. The second kappa shape index (κ2) is 9.59. The summed E-state index contributed by atoms with van der Waals surface area (Å²) in [6.07, 6.45) is 0.0647. The Morgan fingerprint density at radius 2 is 1.78 bits per heavy atom. The lowest BCUT2D eigenvalue weighted by Crippen LogP contribution is -2.39. The molecule has 7 heteroatoms. The van der Waals surface area contributed by atoms with Crippen LogP contribution in [0, 0.1) is 22.7 Å². The van der Waals surface area contributed by atoms with Gasteiger partial charge < -0.3 is 15.2 Å². The Morgan fingerprint density at radius 1 is 1.07 bits per heavy atom. The van der Waals surface area contributed by atoms with E-state index in [0.29, 0.717) is 22.4 Å². The van der Waals surface area contributed by atoms with E-state index in [9.17, 15) is 9.59 Å². The third-order valence-electron chi connectivity index (χ3n) is 3.73. The van der Waals surface area contributed by atoms with Crippen molar-refractivity contribution in [1.29, 1.82) is 10.5 Å². The highest BCUT2D eigenvalue weighted by Gasteiger charge is 2.16. The van der Waals surface area contributed by atoms with Crippen LogP contribution < -0.4 is 10.1 Å². The van der Waals surface area contributed by atoms with Gasteiger partial charge in [0.05, 0.1) is 29.3 Å². The van der Waals surface area contributed by atoms with Gasteiger partial charge in [-0.2, -0.15) is 10.5 Å². The minimum absolute atomic E-state index is 0.0597. The predicted octanol–water partition coefficient (Wildman–Crippen LogP) is 2.47. The monoisotopic (exact) mass is 363 g/mol. The molecule has 136 valence electrons. The van der Waals surface area contributed by atoms with E-state index in [2.05, 4.69) is 5.32 Å². The Kier molecular flexibility index (Phi) is 6.92. The number of ether oxygens (including phenoxy) is 1. The maximum atomic E-state index is 12.4. The van der Waals surface area contributed by atoms with E-state index in [1.165, 1.54) is 24.3 Å². The molecule has 0 radical (unpaired) electrons. The van der Waals surface area contributed by atoms with Crippen LogP contribution in [-0.4, -0.2) is 29.6 Å². The lowest BCUT2D eigenvalue weighted by atomic mass is 10.1. The molecule has 1 atom stereocenters. The van der Waals surface area contributed by atoms with E-state index in [1.807, 2.05) is 12.1 Å². The molecular formula is C20H17N3O4. The van der Waals surface area contributed by atoms with E-state index < -0.39 is 12.0 Å². The van der Waals surface area contributed by atoms with Gasteiger partial charge in [-0.25, -0.2) is 0 Å². The summed E-state index contributed by atoms with van der Waals surface area (Å²) in [6.45, 7) is 0.0597. The Labute approximate surface area is 156 Å². The summed E-state index contributed by atoms with van der Waals surface area (Å²) in [7, 11) is 0. The number of nitriles is 2. The number of benzene rings is 2. The lowest BCUT2D eigenvalue weighted by Gasteiger charge is -2.19. The highest BCUT2D eigenvalue weighted by Crippen LogP contribution is 2.14. The molecule has 2 aromatic rings. The summed E-state index contributed by atoms with van der Waals surface area (Å²) in [5.74, 6) is -0.898. The van der Waals surface area contributed by atoms with Crippen molar-refractivity contribution in [1.82, 2.24) is 5.32 Å². The maximum Gasteiger partial charge on any atom is 0.303 e. The zero-order valence-corrected chi connectivity index (χ0v) is 14.4. The number of hydrogen-bond donors (Lipinski definition) is 2. The zero-order valence-electron chi connectivity index (χ0n) is 14.4. The number of carboxylic acids is 1. The first-order valence-electron chi connectivity index (χ1n) is 8.17. The number of carboxylic acid groups (broad SMARTS) is 1. The molecular weight excluding hydrogens is 346 g/mol. The second-order valence-electron chi connectivity index (χ2n) is 5.74. The second-order valence-corrected chi connectivity index (χ2v) is 5.74. The van der Waals surface area contributed by atoms with Crippen molar-refractivity contribution in [2.24, 2.45) is 0 Å². The Balaban J connectivity index is 2.03. The molecule has 0 aliphatic heterocycles. The molecule has 1 amide bonds. The van der Waals surface area contributed by atoms with Crippen molar-refractivity contribution in [3.8, 4) is 17.9 Å². The Hall–Kier alpha value is -3.84. The number of rotatable bonds is 8. The van der Waals surface area contributed by atoms with Gasteiger partial charge in [0.25, 0.3) is 5.91 Å². The van der Waals surface area contributed by atoms with Gasteiger partial charge >= 0.3 is 5.97 Å². The molecule has 0 spiro atoms. The predicted molar refractivity (Wildman–Crippen MR) is 95.9 cm³/mol. The van der Waals surface area contributed by atoms with Crippen molar-refractivity contribution in [2.75, 3.05) is 6.61 Å². The van der Waals surface area contributed by atoms with Crippen molar-refractivity contribution in [3.63, 3.8) is 0 Å². The summed E-state index contributed by atoms with van der Waals surface area (Å²) < 4.78 is 5.61. The number of hydrogen-bond acceptors (Lipinski definition) is 5. The maximum absolute atomic E-state index is 12.4. The summed E-state index contributed by atoms with van der Waals surface area (Å²) in [5, 5.41) is 29.4. The van der Waals surface area contributed by atoms with Gasteiger partial charge in [0.2, 0.25) is 0 Å². The molecule has 0 fully saturated rings. The van der Waals surface area contributed by atoms with E-state index in [-0.39, 0.29) is 25.4 Å². The lowest BCUT2D eigenvalue weighted by molar-refractivity contribution is -0.137. The fraction of sp³-hybridized carbons (Fsp3) is 0.200. The van der Waals surface area contributed by atoms with Crippen LogP contribution in [0.25, 0.3) is 0 Å². The molecule has 0 saturated carbocycles. The van der Waals surface area contributed by atoms with Crippen LogP contribution in [-0.2, 0) is 4.79 Å². The van der Waals surface area contributed by atoms with E-state index in [4.69, 9.17) is 20.4 Å². The number of carbonyl (C=O) groups is 2. The van der Waals surface area contributed by atoms with Crippen molar-refractivity contribution in [3.05, 3.63) is 65.2 Å². The van der Waals surface area contributed by atoms with Gasteiger partial charge in [-0.15, -0.1) is 0 Å². The first kappa shape index (κ1) is 19.5. The van der Waals surface area contributed by atoms with Gasteiger partial charge in [-0.05, 0) is 48.9 Å². The molecule has 0 aromatic heterocycles. The van der Waals surface area contributed by atoms with Crippen LogP contribution >= 0.6 is 0 Å². The average Bonchev–Trinajstić information content (AvgIpc) is 2.70. The molecule has 7 nitrogen and oxygen atoms in total. The normalized spacial score (nSPS) is 10.9. The van der Waals surface area contributed by atoms with E-state index in [0.717, 1.165) is 0 Å². The molecule has 2 N–H and O–H groups in total. The summed E-state index contributed by atoms with van der Waals surface area (Å²) in [6, 6.07) is 16.1. The molecule has 0 bridgehead atoms. The van der Waals surface area contributed by atoms with Crippen LogP contribution in [0.15, 0.2) is 48.5 Å². The molecule has 0 unspecified atom stereocenters. The molecule has 0 saturated heterocycles. The number of aliphatic carboxylic acids is 1. The highest BCUT2D eigenvalue weighted by molar-refractivity contribution is 5.94. The average molecular weight is 363 g/mol. The van der Waals surface area contributed by atoms with Gasteiger partial charge in [-0.1, -0.05) is 6.07 Å². The minimum Gasteiger partial charge on any atom is -0.491 e. The van der Waals surface area contributed by atoms with Gasteiger partial charge in [-0.3, -0.25) is 9.59 Å². The largest absolute Gasteiger partial charge is 0.491 e. The van der Waals surface area contributed by atoms with E-state index in [1.54, 1.807) is 24.3 Å². The fourth-order valence-corrected chi connectivity index (χ4v) is 2.31. The van der Waals surface area contributed by atoms with Crippen molar-refractivity contribution < 1.29 is 19.4 Å². The van der Waals surface area contributed by atoms with Crippen molar-refractivity contribution >= 4 is 11.9 Å². The number of amides is 1. The summed E-state index contributed by atoms with van der Waals surface area (Å²) in [4.78, 5) is 23.2. The quantitative estimate of drug-likeness (QED) is 0.742. The van der Waals surface area contributed by atoms with Crippen LogP contribution in [0.3, 0.4) is 0 Å². The van der Waals surface area contributed by atoms with Gasteiger partial charge in [0, 0.05) is 12.0 Å². The first-order valence-corrected chi connectivity index (χ1v) is 8.17. The molecule has 0 heterocycles. The van der Waals surface area contributed by atoms with Gasteiger partial charge in [0.1, 0.15) is 12.4 Å². The van der Waals surface area contributed by atoms with Crippen LogP contribution in [0.5, 0.6) is 5.75 Å². The Morgan fingerprint density at radius 3 is 2.41 bits per heavy atom. The van der Waals surface area contributed by atoms with Gasteiger partial charge in [0.15, 0.2) is 0 Å². The van der Waals surface area contributed by atoms with Crippen molar-refractivity contribution in [2.45, 2.75) is 18.9 Å². The standard InChI is InChI=1S/C20H17N3O4/c21-11-14-4-6-16(7-5-14)20(26)23-17(8-9-19(24)25)13-27-18-3-1-2-15(10-18)12-22/h1-7,10,17H,8-9,13H2,(H,23,26)(H,24,25)/t17-/m0/s1. The number of nitrogens with zero attached hydrogens (tertiary/aromatic N) is 2. The number of carbonyl (C=O) groups excluding carboxylic acids is 1. The number of nitrogens with one attached hydrogen (secondary N) is 1. The third-order valence-corrected chi connectivity index (χ3v) is 3.73. The van der Waals surface area contributed by atoms with Crippen LogP contribution in [0.4, 0.5) is 0 Å². The molecule has 2 aromatic carbocycles. The van der Waals surface area contributed by atoms with Crippen LogP contribution in [0.2, 0.25) is 0 Å². The molecule has 2 rings (SSSR count). The SMILES string of the molecule is N#Cc1ccc(C(=O)N[C@@H](CCC(=O)O)COc2cccc(C#N)c2)cc1. The van der Waals surface area contributed by atoms with E-state index >= 15 is 0 Å². The smallest absolute Gasteiger partial charge is 0.303 e. The fourth-order valence-electron chi connectivity index (χ4n) is 2.31. The molecule has 0 aliphatic rings. The van der Waals surface area contributed by atoms with Crippen LogP contribution in [0.1, 0.15) is 34.3 Å². The topological polar surface area (TPSA) is 123 Å². The third kappa shape index (κ3) is 6.18. The highest BCUT2D eigenvalue weighted by atomic mass is 16.5. The zero-order chi connectivity index (χ0) is 19.6.